The van der Waals surface area contributed by atoms with E-state index >= 15 is 0 Å². The van der Waals surface area contributed by atoms with E-state index < -0.39 is 0 Å². The highest BCUT2D eigenvalue weighted by Gasteiger charge is 2.11. The van der Waals surface area contributed by atoms with E-state index in [0.29, 0.717) is 17.5 Å². The normalized spacial score (nSPS) is 10.3. The van der Waals surface area contributed by atoms with Crippen molar-refractivity contribution >= 4 is 12.0 Å². The van der Waals surface area contributed by atoms with Crippen molar-refractivity contribution in [3.8, 4) is 11.8 Å². The van der Waals surface area contributed by atoms with Gasteiger partial charge >= 0.3 is 5.97 Å². The third kappa shape index (κ3) is 7.38. The van der Waals surface area contributed by atoms with Crippen LogP contribution in [0.1, 0.15) is 54.1 Å². The van der Waals surface area contributed by atoms with Crippen LogP contribution in [0.3, 0.4) is 0 Å². The average Bonchev–Trinajstić information content (AvgIpc) is 2.70. The van der Waals surface area contributed by atoms with Crippen molar-refractivity contribution in [2.75, 3.05) is 6.61 Å². The van der Waals surface area contributed by atoms with E-state index in [-0.39, 0.29) is 12.6 Å². The summed E-state index contributed by atoms with van der Waals surface area (Å²) in [7, 11) is 0. The molecule has 2 nitrogen and oxygen atoms in total. The number of allylic oxidation sites excluding steroid dienone is 1. The van der Waals surface area contributed by atoms with Gasteiger partial charge in [-0.25, -0.2) is 4.79 Å². The van der Waals surface area contributed by atoms with Gasteiger partial charge in [-0.3, -0.25) is 0 Å². The van der Waals surface area contributed by atoms with E-state index in [2.05, 4.69) is 25.3 Å². The van der Waals surface area contributed by atoms with E-state index in [1.165, 1.54) is 0 Å². The smallest absolute Gasteiger partial charge is 0.339 e. The molecular weight excluding hydrogens is 332 g/mol. The van der Waals surface area contributed by atoms with E-state index in [0.717, 1.165) is 30.4 Å². The summed E-state index contributed by atoms with van der Waals surface area (Å²) >= 11 is 0. The number of hydrogen-bond acceptors (Lipinski definition) is 2. The third-order valence-corrected chi connectivity index (χ3v) is 3.95. The molecule has 0 saturated carbocycles. The molecule has 0 aliphatic heterocycles. The second-order valence-electron chi connectivity index (χ2n) is 6.29. The molecule has 0 amide bonds. The van der Waals surface area contributed by atoms with Crippen LogP contribution in [0.4, 0.5) is 0 Å². The van der Waals surface area contributed by atoms with Crippen molar-refractivity contribution < 1.29 is 9.53 Å². The number of benzene rings is 2. The first kappa shape index (κ1) is 20.3. The lowest BCUT2D eigenvalue weighted by Gasteiger charge is -2.07. The van der Waals surface area contributed by atoms with Gasteiger partial charge in [0.25, 0.3) is 0 Å². The molecule has 0 fully saturated rings. The molecule has 0 N–H and O–H groups in total. The summed E-state index contributed by atoms with van der Waals surface area (Å²) in [6.07, 6.45) is 7.74. The van der Waals surface area contributed by atoms with Crippen LogP contribution < -0.4 is 0 Å². The molecule has 0 saturated heterocycles. The highest BCUT2D eigenvalue weighted by atomic mass is 16.5. The molecule has 0 atom stereocenters. The Kier molecular flexibility index (Phi) is 8.66. The van der Waals surface area contributed by atoms with Crippen LogP contribution in [0.15, 0.2) is 72.8 Å². The van der Waals surface area contributed by atoms with Gasteiger partial charge in [-0.05, 0) is 36.1 Å². The minimum atomic E-state index is -0.358. The first-order valence-electron chi connectivity index (χ1n) is 9.34. The Hall–Kier alpha value is -3.05. The van der Waals surface area contributed by atoms with Gasteiger partial charge in [-0.2, -0.15) is 0 Å². The molecule has 0 aliphatic rings. The fourth-order valence-corrected chi connectivity index (χ4v) is 2.42. The summed E-state index contributed by atoms with van der Waals surface area (Å²) < 4.78 is 5.42. The molecule has 0 radical (unpaired) electrons. The zero-order chi connectivity index (χ0) is 19.3. The average molecular weight is 358 g/mol. The Morgan fingerprint density at radius 3 is 2.63 bits per heavy atom. The molecule has 0 aliphatic carbocycles. The topological polar surface area (TPSA) is 26.3 Å². The number of hydrogen-bond donors (Lipinski definition) is 0. The van der Waals surface area contributed by atoms with Gasteiger partial charge in [0.15, 0.2) is 0 Å². The van der Waals surface area contributed by atoms with E-state index in [4.69, 9.17) is 4.74 Å². The van der Waals surface area contributed by atoms with Gasteiger partial charge in [-0.1, -0.05) is 86.4 Å². The molecule has 2 aromatic rings. The standard InChI is InChI=1S/C25H26O2/c1-3-4-5-9-17-23-18-10-11-19-24(23)25(26)27-20-21(2)13-12-16-22-14-7-6-8-15-22/h6-8,10-12,14-16,18-19H,2-5,13,20H2,1H3/b16-12+. The minimum absolute atomic E-state index is 0.204. The monoisotopic (exact) mass is 358 g/mol. The number of carbonyl (C=O) groups excluding carboxylic acids is 1. The van der Waals surface area contributed by atoms with Crippen LogP contribution in [0.2, 0.25) is 0 Å². The Morgan fingerprint density at radius 2 is 1.85 bits per heavy atom. The van der Waals surface area contributed by atoms with Gasteiger partial charge < -0.3 is 4.74 Å². The molecule has 0 bridgehead atoms. The number of carbonyl (C=O) groups is 1. The molecule has 0 heterocycles. The number of rotatable bonds is 8. The molecule has 2 rings (SSSR count). The lowest BCUT2D eigenvalue weighted by atomic mass is 10.1. The van der Waals surface area contributed by atoms with E-state index in [9.17, 15) is 4.79 Å². The van der Waals surface area contributed by atoms with Gasteiger partial charge in [0, 0.05) is 12.0 Å². The largest absolute Gasteiger partial charge is 0.458 e. The Morgan fingerprint density at radius 1 is 1.11 bits per heavy atom. The molecule has 0 aromatic heterocycles. The zero-order valence-electron chi connectivity index (χ0n) is 15.9. The maximum Gasteiger partial charge on any atom is 0.339 e. The lowest BCUT2D eigenvalue weighted by molar-refractivity contribution is 0.0538. The van der Waals surface area contributed by atoms with Crippen LogP contribution in [-0.4, -0.2) is 12.6 Å². The second kappa shape index (κ2) is 11.5. The highest BCUT2D eigenvalue weighted by molar-refractivity contribution is 5.92. The molecule has 138 valence electrons. The number of esters is 1. The van der Waals surface area contributed by atoms with Gasteiger partial charge in [0.2, 0.25) is 0 Å². The maximum atomic E-state index is 12.4. The fourth-order valence-electron chi connectivity index (χ4n) is 2.42. The van der Waals surface area contributed by atoms with Crippen molar-refractivity contribution in [3.05, 3.63) is 89.5 Å². The summed E-state index contributed by atoms with van der Waals surface area (Å²) in [6.45, 7) is 6.33. The minimum Gasteiger partial charge on any atom is -0.458 e. The Balaban J connectivity index is 1.87. The predicted octanol–water partition coefficient (Wildman–Crippen LogP) is 6.04. The van der Waals surface area contributed by atoms with Crippen LogP contribution in [0, 0.1) is 11.8 Å². The molecule has 0 spiro atoms. The molecule has 27 heavy (non-hydrogen) atoms. The van der Waals surface area contributed by atoms with Crippen molar-refractivity contribution in [3.63, 3.8) is 0 Å². The summed E-state index contributed by atoms with van der Waals surface area (Å²) in [5.41, 5.74) is 3.21. The SMILES string of the molecule is C=C(C/C=C/c1ccccc1)COC(=O)c1ccccc1C#CCCCC. The lowest BCUT2D eigenvalue weighted by Crippen LogP contribution is -2.09. The number of ether oxygens (including phenoxy) is 1. The van der Waals surface area contributed by atoms with Crippen LogP contribution in [0.25, 0.3) is 6.08 Å². The van der Waals surface area contributed by atoms with Crippen LogP contribution in [0.5, 0.6) is 0 Å². The summed E-state index contributed by atoms with van der Waals surface area (Å²) in [5.74, 6) is 5.85. The second-order valence-corrected chi connectivity index (χ2v) is 6.29. The molecule has 2 aromatic carbocycles. The molecule has 0 unspecified atom stereocenters. The summed E-state index contributed by atoms with van der Waals surface area (Å²) in [6, 6.07) is 17.4. The molecule has 2 heteroatoms. The summed E-state index contributed by atoms with van der Waals surface area (Å²) in [5, 5.41) is 0. The first-order chi connectivity index (χ1) is 13.2. The molecular formula is C25H26O2. The van der Waals surface area contributed by atoms with E-state index in [1.54, 1.807) is 6.07 Å². The quantitative estimate of drug-likeness (QED) is 0.249. The predicted molar refractivity (Wildman–Crippen MR) is 112 cm³/mol. The Bertz CT molecular complexity index is 835. The van der Waals surface area contributed by atoms with Crippen molar-refractivity contribution in [2.24, 2.45) is 0 Å². The van der Waals surface area contributed by atoms with Crippen molar-refractivity contribution in [2.45, 2.75) is 32.6 Å². The van der Waals surface area contributed by atoms with Gasteiger partial charge in [0.05, 0.1) is 5.56 Å². The third-order valence-electron chi connectivity index (χ3n) is 3.95. The number of unbranched alkanes of at least 4 members (excludes halogenated alkanes) is 2. The van der Waals surface area contributed by atoms with E-state index in [1.807, 2.05) is 60.7 Å². The van der Waals surface area contributed by atoms with Crippen molar-refractivity contribution in [1.82, 2.24) is 0 Å². The summed E-state index contributed by atoms with van der Waals surface area (Å²) in [4.78, 5) is 12.4. The Labute approximate surface area is 162 Å². The highest BCUT2D eigenvalue weighted by Crippen LogP contribution is 2.11. The van der Waals surface area contributed by atoms with Gasteiger partial charge in [-0.15, -0.1) is 0 Å². The fraction of sp³-hybridized carbons (Fsp3) is 0.240. The van der Waals surface area contributed by atoms with Crippen LogP contribution >= 0.6 is 0 Å². The van der Waals surface area contributed by atoms with Gasteiger partial charge in [0.1, 0.15) is 6.61 Å². The van der Waals surface area contributed by atoms with Crippen LogP contribution in [-0.2, 0) is 4.74 Å². The maximum absolute atomic E-state index is 12.4. The first-order valence-corrected chi connectivity index (χ1v) is 9.34. The van der Waals surface area contributed by atoms with Crippen molar-refractivity contribution in [1.29, 1.82) is 0 Å². The zero-order valence-corrected chi connectivity index (χ0v) is 15.9.